The van der Waals surface area contributed by atoms with Crippen molar-refractivity contribution in [1.82, 2.24) is 10.2 Å². The summed E-state index contributed by atoms with van der Waals surface area (Å²) in [5, 5.41) is 17.3. The van der Waals surface area contributed by atoms with Gasteiger partial charge in [-0.05, 0) is 42.0 Å². The van der Waals surface area contributed by atoms with Gasteiger partial charge in [0.25, 0.3) is 0 Å². The van der Waals surface area contributed by atoms with Crippen LogP contribution in [0.25, 0.3) is 11.3 Å². The largest absolute Gasteiger partial charge is 0.489 e. The van der Waals surface area contributed by atoms with Crippen molar-refractivity contribution < 1.29 is 23.3 Å². The van der Waals surface area contributed by atoms with E-state index in [1.165, 1.54) is 6.07 Å². The molecule has 0 amide bonds. The molecular formula is C27H19FN4O4. The Morgan fingerprint density at radius 2 is 1.89 bits per heavy atom. The van der Waals surface area contributed by atoms with E-state index < -0.39 is 5.92 Å². The van der Waals surface area contributed by atoms with Crippen LogP contribution in [0.3, 0.4) is 0 Å². The molecule has 8 nitrogen and oxygen atoms in total. The average Bonchev–Trinajstić information content (AvgIpc) is 3.54. The second-order valence-corrected chi connectivity index (χ2v) is 8.26. The summed E-state index contributed by atoms with van der Waals surface area (Å²) in [5.74, 6) is 1.29. The predicted molar refractivity (Wildman–Crippen MR) is 127 cm³/mol. The minimum absolute atomic E-state index is 0.00128. The number of hydrogen-bond acceptors (Lipinski definition) is 7. The number of allylic oxidation sites excluding steroid dienone is 1. The summed E-state index contributed by atoms with van der Waals surface area (Å²) in [7, 11) is 0. The van der Waals surface area contributed by atoms with Crippen molar-refractivity contribution in [2.75, 3.05) is 6.79 Å². The predicted octanol–water partition coefficient (Wildman–Crippen LogP) is 4.74. The van der Waals surface area contributed by atoms with Crippen LogP contribution in [-0.2, 0) is 6.61 Å². The van der Waals surface area contributed by atoms with Gasteiger partial charge >= 0.3 is 0 Å². The summed E-state index contributed by atoms with van der Waals surface area (Å²) < 4.78 is 36.3. The first kappa shape index (κ1) is 21.6. The molecule has 2 aliphatic heterocycles. The molecule has 0 saturated heterocycles. The normalized spacial score (nSPS) is 15.7. The van der Waals surface area contributed by atoms with Gasteiger partial charge in [-0.1, -0.05) is 30.3 Å². The Bertz CT molecular complexity index is 1540. The molecule has 0 bridgehead atoms. The highest BCUT2D eigenvalue weighted by atomic mass is 19.1. The molecule has 3 N–H and O–H groups in total. The maximum atomic E-state index is 13.9. The number of nitriles is 1. The van der Waals surface area contributed by atoms with Gasteiger partial charge in [-0.25, -0.2) is 4.39 Å². The van der Waals surface area contributed by atoms with E-state index in [9.17, 15) is 9.65 Å². The van der Waals surface area contributed by atoms with Crippen LogP contribution in [0.15, 0.2) is 78.2 Å². The first-order valence-electron chi connectivity index (χ1n) is 11.1. The second-order valence-electron chi connectivity index (χ2n) is 8.26. The Morgan fingerprint density at radius 1 is 1.08 bits per heavy atom. The van der Waals surface area contributed by atoms with E-state index in [1.807, 2.05) is 30.3 Å². The Balaban J connectivity index is 1.35. The molecule has 0 fully saturated rings. The molecule has 9 heteroatoms. The van der Waals surface area contributed by atoms with Crippen LogP contribution in [0.2, 0.25) is 0 Å². The van der Waals surface area contributed by atoms with Gasteiger partial charge in [0.2, 0.25) is 18.6 Å². The van der Waals surface area contributed by atoms with Crippen molar-refractivity contribution in [2.45, 2.75) is 12.5 Å². The number of hydrogen-bond donors (Lipinski definition) is 2. The zero-order chi connectivity index (χ0) is 24.6. The number of aromatic nitrogens is 2. The highest BCUT2D eigenvalue weighted by Crippen LogP contribution is 2.47. The van der Waals surface area contributed by atoms with Gasteiger partial charge in [-0.15, -0.1) is 5.10 Å². The van der Waals surface area contributed by atoms with E-state index in [4.69, 9.17) is 24.7 Å². The number of nitrogens with one attached hydrogen (secondary N) is 1. The first-order chi connectivity index (χ1) is 17.6. The lowest BCUT2D eigenvalue weighted by Crippen LogP contribution is -2.21. The highest BCUT2D eigenvalue weighted by Gasteiger charge is 2.36. The van der Waals surface area contributed by atoms with Crippen molar-refractivity contribution >= 4 is 0 Å². The number of nitrogens with zero attached hydrogens (tertiary/aromatic N) is 2. The van der Waals surface area contributed by atoms with Crippen LogP contribution in [-0.4, -0.2) is 17.0 Å². The number of fused-ring (bicyclic) bond motifs is 2. The molecule has 3 aromatic carbocycles. The molecule has 0 aliphatic carbocycles. The van der Waals surface area contributed by atoms with Gasteiger partial charge in [0.05, 0.1) is 17.2 Å². The fourth-order valence-electron chi connectivity index (χ4n) is 4.38. The van der Waals surface area contributed by atoms with Gasteiger partial charge in [-0.2, -0.15) is 5.26 Å². The minimum Gasteiger partial charge on any atom is -0.489 e. The molecule has 2 aliphatic rings. The van der Waals surface area contributed by atoms with Gasteiger partial charge in [0.15, 0.2) is 11.5 Å². The third kappa shape index (κ3) is 3.65. The van der Waals surface area contributed by atoms with Crippen LogP contribution in [0, 0.1) is 17.1 Å². The quantitative estimate of drug-likeness (QED) is 0.422. The van der Waals surface area contributed by atoms with Crippen molar-refractivity contribution in [3.63, 3.8) is 0 Å². The van der Waals surface area contributed by atoms with E-state index in [0.717, 1.165) is 11.1 Å². The lowest BCUT2D eigenvalue weighted by atomic mass is 9.83. The molecule has 0 radical (unpaired) electrons. The second kappa shape index (κ2) is 8.67. The summed E-state index contributed by atoms with van der Waals surface area (Å²) in [6, 6.07) is 21.4. The number of nitrogens with two attached hydrogens (primary N) is 1. The third-order valence-corrected chi connectivity index (χ3v) is 6.17. The number of rotatable bonds is 5. The van der Waals surface area contributed by atoms with Gasteiger partial charge < -0.3 is 24.7 Å². The number of benzene rings is 3. The maximum absolute atomic E-state index is 13.9. The fourth-order valence-corrected chi connectivity index (χ4v) is 4.38. The molecular weight excluding hydrogens is 463 g/mol. The molecule has 178 valence electrons. The van der Waals surface area contributed by atoms with E-state index in [-0.39, 0.29) is 30.7 Å². The Kier molecular flexibility index (Phi) is 5.19. The molecule has 0 spiro atoms. The van der Waals surface area contributed by atoms with E-state index in [0.29, 0.717) is 39.9 Å². The van der Waals surface area contributed by atoms with Crippen molar-refractivity contribution in [3.8, 4) is 40.5 Å². The van der Waals surface area contributed by atoms with E-state index in [2.05, 4.69) is 16.3 Å². The molecule has 1 aromatic heterocycles. The molecule has 1 atom stereocenters. The number of ether oxygens (including phenoxy) is 4. The fraction of sp³-hybridized carbons (Fsp3) is 0.111. The van der Waals surface area contributed by atoms with Crippen LogP contribution in [0.1, 0.15) is 22.6 Å². The van der Waals surface area contributed by atoms with E-state index in [1.54, 1.807) is 30.3 Å². The molecule has 6 rings (SSSR count). The summed E-state index contributed by atoms with van der Waals surface area (Å²) in [4.78, 5) is 0. The molecule has 0 saturated carbocycles. The zero-order valence-electron chi connectivity index (χ0n) is 18.8. The van der Waals surface area contributed by atoms with Crippen LogP contribution >= 0.6 is 0 Å². The highest BCUT2D eigenvalue weighted by molar-refractivity contribution is 5.73. The van der Waals surface area contributed by atoms with Gasteiger partial charge in [-0.3, -0.25) is 5.10 Å². The minimum atomic E-state index is -0.529. The Morgan fingerprint density at radius 3 is 2.69 bits per heavy atom. The monoisotopic (exact) mass is 482 g/mol. The van der Waals surface area contributed by atoms with Gasteiger partial charge in [0, 0.05) is 11.1 Å². The summed E-state index contributed by atoms with van der Waals surface area (Å²) >= 11 is 0. The number of aromatic amines is 1. The third-order valence-electron chi connectivity index (χ3n) is 6.17. The molecule has 0 unspecified atom stereocenters. The van der Waals surface area contributed by atoms with Crippen molar-refractivity contribution in [1.29, 1.82) is 5.26 Å². The zero-order valence-corrected chi connectivity index (χ0v) is 18.8. The molecule has 4 aromatic rings. The first-order valence-corrected chi connectivity index (χ1v) is 11.1. The summed E-state index contributed by atoms with van der Waals surface area (Å²) in [5.41, 5.74) is 9.77. The standard InChI is InChI=1S/C27H19FN4O4/c28-20-4-2-1-3-17(20)13-33-18-8-5-15(6-9-18)23-19(12-29)26(30)36-27-24(23)25(31-32-27)16-7-10-21-22(11-16)35-14-34-21/h1-11,23H,13-14,30H2,(H,31,32)/t23-/m0/s1. The van der Waals surface area contributed by atoms with Crippen molar-refractivity contribution in [2.24, 2.45) is 5.73 Å². The lowest BCUT2D eigenvalue weighted by molar-refractivity contribution is 0.174. The smallest absolute Gasteiger partial charge is 0.244 e. The van der Waals surface area contributed by atoms with E-state index >= 15 is 0 Å². The summed E-state index contributed by atoms with van der Waals surface area (Å²) in [6.07, 6.45) is 0. The van der Waals surface area contributed by atoms with Crippen LogP contribution < -0.4 is 24.7 Å². The van der Waals surface area contributed by atoms with Gasteiger partial charge in [0.1, 0.15) is 29.8 Å². The summed E-state index contributed by atoms with van der Waals surface area (Å²) in [6.45, 7) is 0.258. The Hall–Kier alpha value is -4.97. The Labute approximate surface area is 205 Å². The average molecular weight is 482 g/mol. The van der Waals surface area contributed by atoms with Crippen LogP contribution in [0.5, 0.6) is 23.1 Å². The van der Waals surface area contributed by atoms with Crippen molar-refractivity contribution in [3.05, 3.63) is 101 Å². The molecule has 36 heavy (non-hydrogen) atoms. The lowest BCUT2D eigenvalue weighted by Gasteiger charge is -2.24. The number of halogens is 1. The number of H-pyrrole nitrogens is 1. The topological polar surface area (TPSA) is 115 Å². The SMILES string of the molecule is N#CC1=C(N)Oc2n[nH]c(-c3ccc4c(c3)OCO4)c2[C@H]1c1ccc(OCc2ccccc2F)cc1. The maximum Gasteiger partial charge on any atom is 0.244 e. The van der Waals surface area contributed by atoms with Crippen LogP contribution in [0.4, 0.5) is 4.39 Å². The molecule has 3 heterocycles.